The molecule has 0 amide bonds. The monoisotopic (exact) mass is 304 g/mol. The molecule has 0 aromatic carbocycles. The molecule has 1 fully saturated rings. The standard InChI is InChI=1S/C15H20N4O3/c1-4-22-15(21)11-7-16-14-12(9(2)17-18(14)3)13(11)19-6-5-10(20)8-19/h7,10,20H,4-6,8H2,1-3H3/t10-/m1/s1. The Balaban J connectivity index is 2.22. The van der Waals surface area contributed by atoms with E-state index in [9.17, 15) is 9.90 Å². The van der Waals surface area contributed by atoms with Gasteiger partial charge in [0.1, 0.15) is 5.56 Å². The topological polar surface area (TPSA) is 80.5 Å². The van der Waals surface area contributed by atoms with Gasteiger partial charge in [-0.1, -0.05) is 0 Å². The van der Waals surface area contributed by atoms with Gasteiger partial charge in [0.05, 0.1) is 29.5 Å². The molecule has 0 unspecified atom stereocenters. The molecule has 7 nitrogen and oxygen atoms in total. The number of ether oxygens (including phenoxy) is 1. The smallest absolute Gasteiger partial charge is 0.341 e. The molecule has 0 radical (unpaired) electrons. The normalized spacial score (nSPS) is 18.2. The first kappa shape index (κ1) is 14.8. The average Bonchev–Trinajstić information content (AvgIpc) is 3.03. The Morgan fingerprint density at radius 1 is 1.55 bits per heavy atom. The highest BCUT2D eigenvalue weighted by atomic mass is 16.5. The molecule has 1 N–H and O–H groups in total. The Morgan fingerprint density at radius 3 is 2.95 bits per heavy atom. The van der Waals surface area contributed by atoms with Crippen LogP contribution in [-0.2, 0) is 11.8 Å². The second-order valence-corrected chi connectivity index (χ2v) is 5.54. The number of aromatic nitrogens is 3. The lowest BCUT2D eigenvalue weighted by molar-refractivity contribution is 0.0526. The van der Waals surface area contributed by atoms with Gasteiger partial charge >= 0.3 is 5.97 Å². The van der Waals surface area contributed by atoms with Crippen LogP contribution in [-0.4, -0.2) is 51.6 Å². The number of carbonyl (C=O) groups excluding carboxylic acids is 1. The average molecular weight is 304 g/mol. The van der Waals surface area contributed by atoms with E-state index in [1.807, 2.05) is 18.9 Å². The molecule has 22 heavy (non-hydrogen) atoms. The molecule has 1 atom stereocenters. The predicted molar refractivity (Wildman–Crippen MR) is 82.0 cm³/mol. The maximum atomic E-state index is 12.3. The summed E-state index contributed by atoms with van der Waals surface area (Å²) in [5.74, 6) is -0.392. The van der Waals surface area contributed by atoms with Crippen molar-refractivity contribution in [2.75, 3.05) is 24.6 Å². The molecule has 0 saturated carbocycles. The molecule has 0 spiro atoms. The predicted octanol–water partition coefficient (Wildman–Crippen LogP) is 1.02. The quantitative estimate of drug-likeness (QED) is 0.853. The minimum Gasteiger partial charge on any atom is -0.462 e. The van der Waals surface area contributed by atoms with Crippen molar-refractivity contribution >= 4 is 22.7 Å². The maximum absolute atomic E-state index is 12.3. The SMILES string of the molecule is CCOC(=O)c1cnc2c(c(C)nn2C)c1N1CC[C@@H](O)C1. The molecule has 3 rings (SSSR count). The molecule has 7 heteroatoms. The second kappa shape index (κ2) is 5.57. The number of rotatable bonds is 3. The van der Waals surface area contributed by atoms with Crippen LogP contribution in [0.15, 0.2) is 6.20 Å². The van der Waals surface area contributed by atoms with Crippen molar-refractivity contribution in [1.29, 1.82) is 0 Å². The summed E-state index contributed by atoms with van der Waals surface area (Å²) in [6.45, 7) is 5.18. The van der Waals surface area contributed by atoms with Crippen molar-refractivity contribution in [2.45, 2.75) is 26.4 Å². The lowest BCUT2D eigenvalue weighted by Gasteiger charge is -2.21. The van der Waals surface area contributed by atoms with E-state index in [-0.39, 0.29) is 6.10 Å². The molecule has 1 saturated heterocycles. The van der Waals surface area contributed by atoms with Gasteiger partial charge in [-0.2, -0.15) is 5.10 Å². The Kier molecular flexibility index (Phi) is 3.74. The summed E-state index contributed by atoms with van der Waals surface area (Å²) in [5.41, 5.74) is 2.74. The minimum atomic E-state index is -0.392. The van der Waals surface area contributed by atoms with Gasteiger partial charge in [0.25, 0.3) is 0 Å². The van der Waals surface area contributed by atoms with Crippen LogP contribution in [0.1, 0.15) is 29.4 Å². The fraction of sp³-hybridized carbons (Fsp3) is 0.533. The number of hydrogen-bond donors (Lipinski definition) is 1. The van der Waals surface area contributed by atoms with Crippen molar-refractivity contribution in [3.05, 3.63) is 17.5 Å². The highest BCUT2D eigenvalue weighted by Crippen LogP contribution is 2.34. The van der Waals surface area contributed by atoms with E-state index >= 15 is 0 Å². The number of nitrogens with zero attached hydrogens (tertiary/aromatic N) is 4. The molecular weight excluding hydrogens is 284 g/mol. The van der Waals surface area contributed by atoms with Gasteiger partial charge in [-0.05, 0) is 20.3 Å². The van der Waals surface area contributed by atoms with Crippen LogP contribution >= 0.6 is 0 Å². The van der Waals surface area contributed by atoms with Crippen LogP contribution in [0.25, 0.3) is 11.0 Å². The molecule has 1 aliphatic rings. The van der Waals surface area contributed by atoms with Gasteiger partial charge in [0.15, 0.2) is 5.65 Å². The first-order valence-corrected chi connectivity index (χ1v) is 7.45. The zero-order valence-corrected chi connectivity index (χ0v) is 13.0. The summed E-state index contributed by atoms with van der Waals surface area (Å²) in [5, 5.41) is 15.1. The molecule has 2 aromatic heterocycles. The summed E-state index contributed by atoms with van der Waals surface area (Å²) in [7, 11) is 1.83. The number of pyridine rings is 1. The van der Waals surface area contributed by atoms with E-state index in [1.54, 1.807) is 17.8 Å². The number of anilines is 1. The largest absolute Gasteiger partial charge is 0.462 e. The van der Waals surface area contributed by atoms with Crippen molar-refractivity contribution in [3.8, 4) is 0 Å². The zero-order chi connectivity index (χ0) is 15.9. The van der Waals surface area contributed by atoms with Crippen molar-refractivity contribution in [3.63, 3.8) is 0 Å². The van der Waals surface area contributed by atoms with Gasteiger partial charge in [0, 0.05) is 26.3 Å². The summed E-state index contributed by atoms with van der Waals surface area (Å²) in [6, 6.07) is 0. The molecule has 3 heterocycles. The van der Waals surface area contributed by atoms with Gasteiger partial charge in [-0.15, -0.1) is 0 Å². The lowest BCUT2D eigenvalue weighted by atomic mass is 10.1. The Bertz CT molecular complexity index is 725. The van der Waals surface area contributed by atoms with E-state index in [2.05, 4.69) is 10.1 Å². The molecule has 1 aliphatic heterocycles. The third-order valence-corrected chi connectivity index (χ3v) is 3.97. The first-order valence-electron chi connectivity index (χ1n) is 7.45. The lowest BCUT2D eigenvalue weighted by Crippen LogP contribution is -2.24. The number of carbonyl (C=O) groups is 1. The van der Waals surface area contributed by atoms with Crippen molar-refractivity contribution in [1.82, 2.24) is 14.8 Å². The van der Waals surface area contributed by atoms with Crippen LogP contribution in [0.2, 0.25) is 0 Å². The number of aliphatic hydroxyl groups is 1. The van der Waals surface area contributed by atoms with Crippen LogP contribution in [0, 0.1) is 6.92 Å². The number of hydrogen-bond acceptors (Lipinski definition) is 6. The number of β-amino-alcohol motifs (C(OH)–C–C–N with tert-alkyl or cyclic N) is 1. The molecule has 0 aliphatic carbocycles. The highest BCUT2D eigenvalue weighted by Gasteiger charge is 2.29. The summed E-state index contributed by atoms with van der Waals surface area (Å²) >= 11 is 0. The molecular formula is C15H20N4O3. The van der Waals surface area contributed by atoms with E-state index in [0.717, 1.165) is 22.4 Å². The summed E-state index contributed by atoms with van der Waals surface area (Å²) in [6.07, 6.45) is 1.85. The number of esters is 1. The van der Waals surface area contributed by atoms with Crippen molar-refractivity contribution in [2.24, 2.45) is 7.05 Å². The highest BCUT2D eigenvalue weighted by molar-refractivity contribution is 6.05. The summed E-state index contributed by atoms with van der Waals surface area (Å²) in [4.78, 5) is 18.7. The van der Waals surface area contributed by atoms with E-state index in [4.69, 9.17) is 4.74 Å². The fourth-order valence-electron chi connectivity index (χ4n) is 3.02. The van der Waals surface area contributed by atoms with Gasteiger partial charge in [-0.25, -0.2) is 9.78 Å². The van der Waals surface area contributed by atoms with E-state index in [1.165, 1.54) is 0 Å². The molecule has 2 aromatic rings. The third-order valence-electron chi connectivity index (χ3n) is 3.97. The van der Waals surface area contributed by atoms with Gasteiger partial charge < -0.3 is 14.7 Å². The molecule has 118 valence electrons. The van der Waals surface area contributed by atoms with E-state index < -0.39 is 5.97 Å². The van der Waals surface area contributed by atoms with Crippen molar-refractivity contribution < 1.29 is 14.6 Å². The zero-order valence-electron chi connectivity index (χ0n) is 13.0. The van der Waals surface area contributed by atoms with E-state index in [0.29, 0.717) is 31.7 Å². The fourth-order valence-corrected chi connectivity index (χ4v) is 3.02. The van der Waals surface area contributed by atoms with Crippen LogP contribution < -0.4 is 4.90 Å². The maximum Gasteiger partial charge on any atom is 0.341 e. The number of aliphatic hydroxyl groups excluding tert-OH is 1. The van der Waals surface area contributed by atoms with Gasteiger partial charge in [-0.3, -0.25) is 4.68 Å². The van der Waals surface area contributed by atoms with Gasteiger partial charge in [0.2, 0.25) is 0 Å². The second-order valence-electron chi connectivity index (χ2n) is 5.54. The Morgan fingerprint density at radius 2 is 2.32 bits per heavy atom. The minimum absolute atomic E-state index is 0.310. The van der Waals surface area contributed by atoms with Crippen LogP contribution in [0.3, 0.4) is 0 Å². The molecule has 0 bridgehead atoms. The van der Waals surface area contributed by atoms with Crippen LogP contribution in [0.5, 0.6) is 0 Å². The first-order chi connectivity index (χ1) is 10.5. The van der Waals surface area contributed by atoms with Crippen LogP contribution in [0.4, 0.5) is 5.69 Å². The Labute approximate surface area is 128 Å². The number of aryl methyl sites for hydroxylation is 2. The third kappa shape index (κ3) is 2.31. The summed E-state index contributed by atoms with van der Waals surface area (Å²) < 4.78 is 6.86. The Hall–Kier alpha value is -2.15. The number of fused-ring (bicyclic) bond motifs is 1.